The van der Waals surface area contributed by atoms with Crippen LogP contribution in [0.15, 0.2) is 28.7 Å². The van der Waals surface area contributed by atoms with Gasteiger partial charge in [-0.15, -0.1) is 0 Å². The second-order valence-corrected chi connectivity index (χ2v) is 6.87. The molecule has 2 aliphatic rings. The molecule has 2 fully saturated rings. The third-order valence-electron chi connectivity index (χ3n) is 5.26. The molecule has 2 aromatic rings. The molecule has 25 heavy (non-hydrogen) atoms. The maximum atomic E-state index is 12.3. The van der Waals surface area contributed by atoms with Gasteiger partial charge >= 0.3 is 0 Å². The Morgan fingerprint density at radius 1 is 1.24 bits per heavy atom. The first kappa shape index (κ1) is 16.1. The van der Waals surface area contributed by atoms with Gasteiger partial charge in [-0.3, -0.25) is 14.5 Å². The number of carbonyl (C=O) groups excluding carboxylic acids is 2. The minimum Gasteiger partial charge on any atom is -0.461 e. The number of hydrogen-bond acceptors (Lipinski definition) is 4. The molecule has 0 saturated carbocycles. The van der Waals surface area contributed by atoms with E-state index in [0.29, 0.717) is 13.1 Å². The molecule has 6 heteroatoms. The molecular formula is C19H23N3O3. The fourth-order valence-electron chi connectivity index (χ4n) is 3.92. The van der Waals surface area contributed by atoms with Gasteiger partial charge in [0.2, 0.25) is 11.8 Å². The zero-order chi connectivity index (χ0) is 17.6. The second kappa shape index (κ2) is 6.19. The molecule has 2 amide bonds. The molecule has 3 heterocycles. The Kier molecular flexibility index (Phi) is 4.00. The van der Waals surface area contributed by atoms with Crippen LogP contribution in [0.1, 0.15) is 25.2 Å². The van der Waals surface area contributed by atoms with Crippen LogP contribution >= 0.6 is 0 Å². The summed E-state index contributed by atoms with van der Waals surface area (Å²) in [7, 11) is 0. The number of nitrogens with one attached hydrogen (secondary N) is 1. The van der Waals surface area contributed by atoms with Gasteiger partial charge in [0.15, 0.2) is 0 Å². The monoisotopic (exact) mass is 341 g/mol. The molecule has 1 aromatic heterocycles. The summed E-state index contributed by atoms with van der Waals surface area (Å²) in [5.74, 6) is 0.971. The zero-order valence-corrected chi connectivity index (χ0v) is 14.6. The van der Waals surface area contributed by atoms with Crippen molar-refractivity contribution in [3.8, 4) is 0 Å². The Balaban J connectivity index is 1.57. The van der Waals surface area contributed by atoms with Crippen LogP contribution in [0.4, 0.5) is 0 Å². The topological polar surface area (TPSA) is 65.8 Å². The molecular weight excluding hydrogens is 318 g/mol. The molecule has 6 nitrogen and oxygen atoms in total. The van der Waals surface area contributed by atoms with Crippen LogP contribution in [0.25, 0.3) is 11.0 Å². The van der Waals surface area contributed by atoms with Crippen LogP contribution in [0, 0.1) is 0 Å². The predicted octanol–water partition coefficient (Wildman–Crippen LogP) is 1.53. The standard InChI is InChI=1S/C19H23N3O3/c1-3-16-14(13-6-4-5-7-17(13)25-16)10-21-8-9-22-15(11-21)18(23)20-12(2)19(22)24/h4-7,12,15H,3,8-11H2,1-2H3,(H,20,23). The number of para-hydroxylation sites is 1. The minimum atomic E-state index is -0.417. The lowest BCUT2D eigenvalue weighted by atomic mass is 10.0. The SMILES string of the molecule is CCc1oc2ccccc2c1CN1CCN2C(=O)C(C)NC(=O)C2C1. The Hall–Kier alpha value is -2.34. The van der Waals surface area contributed by atoms with E-state index in [1.165, 1.54) is 5.56 Å². The zero-order valence-electron chi connectivity index (χ0n) is 14.6. The molecule has 2 unspecified atom stereocenters. The van der Waals surface area contributed by atoms with E-state index in [1.54, 1.807) is 11.8 Å². The van der Waals surface area contributed by atoms with Crippen molar-refractivity contribution >= 4 is 22.8 Å². The molecule has 4 rings (SSSR count). The van der Waals surface area contributed by atoms with E-state index in [2.05, 4.69) is 23.2 Å². The fraction of sp³-hybridized carbons (Fsp3) is 0.474. The molecule has 0 bridgehead atoms. The van der Waals surface area contributed by atoms with Gasteiger partial charge in [-0.1, -0.05) is 25.1 Å². The fourth-order valence-corrected chi connectivity index (χ4v) is 3.92. The van der Waals surface area contributed by atoms with Crippen LogP contribution in [0.5, 0.6) is 0 Å². The largest absolute Gasteiger partial charge is 0.461 e. The van der Waals surface area contributed by atoms with Crippen molar-refractivity contribution in [2.75, 3.05) is 19.6 Å². The maximum Gasteiger partial charge on any atom is 0.245 e. The van der Waals surface area contributed by atoms with E-state index in [1.807, 2.05) is 18.2 Å². The third-order valence-corrected chi connectivity index (χ3v) is 5.26. The highest BCUT2D eigenvalue weighted by Gasteiger charge is 2.41. The first-order valence-electron chi connectivity index (χ1n) is 8.91. The van der Waals surface area contributed by atoms with Crippen molar-refractivity contribution in [1.29, 1.82) is 0 Å². The number of fused-ring (bicyclic) bond motifs is 2. The highest BCUT2D eigenvalue weighted by Crippen LogP contribution is 2.28. The van der Waals surface area contributed by atoms with Crippen molar-refractivity contribution in [2.24, 2.45) is 0 Å². The molecule has 2 saturated heterocycles. The lowest BCUT2D eigenvalue weighted by molar-refractivity contribution is -0.152. The molecule has 2 aliphatic heterocycles. The Bertz CT molecular complexity index is 828. The molecule has 1 N–H and O–H groups in total. The van der Waals surface area contributed by atoms with E-state index < -0.39 is 6.04 Å². The van der Waals surface area contributed by atoms with Crippen LogP contribution in [0.3, 0.4) is 0 Å². The minimum absolute atomic E-state index is 0.0206. The van der Waals surface area contributed by atoms with E-state index in [-0.39, 0.29) is 17.9 Å². The number of rotatable bonds is 3. The van der Waals surface area contributed by atoms with Crippen LogP contribution in [-0.4, -0.2) is 53.3 Å². The van der Waals surface area contributed by atoms with Gasteiger partial charge in [0.1, 0.15) is 23.4 Å². The summed E-state index contributed by atoms with van der Waals surface area (Å²) in [6.45, 7) is 6.50. The lowest BCUT2D eigenvalue weighted by Crippen LogP contribution is -2.68. The molecule has 0 radical (unpaired) electrons. The first-order valence-corrected chi connectivity index (χ1v) is 8.91. The van der Waals surface area contributed by atoms with E-state index in [0.717, 1.165) is 36.2 Å². The number of hydrogen-bond donors (Lipinski definition) is 1. The normalized spacial score (nSPS) is 24.5. The average molecular weight is 341 g/mol. The van der Waals surface area contributed by atoms with Crippen molar-refractivity contribution < 1.29 is 14.0 Å². The second-order valence-electron chi connectivity index (χ2n) is 6.87. The van der Waals surface area contributed by atoms with Crippen LogP contribution in [-0.2, 0) is 22.6 Å². The van der Waals surface area contributed by atoms with Crippen molar-refractivity contribution in [1.82, 2.24) is 15.1 Å². The molecule has 0 spiro atoms. The van der Waals surface area contributed by atoms with Gasteiger partial charge in [0.05, 0.1) is 0 Å². The van der Waals surface area contributed by atoms with E-state index >= 15 is 0 Å². The lowest BCUT2D eigenvalue weighted by Gasteiger charge is -2.44. The number of aryl methyl sites for hydroxylation is 1. The smallest absolute Gasteiger partial charge is 0.245 e. The third kappa shape index (κ3) is 2.70. The first-order chi connectivity index (χ1) is 12.1. The molecule has 2 atom stereocenters. The predicted molar refractivity (Wildman–Crippen MR) is 94.0 cm³/mol. The average Bonchev–Trinajstić information content (AvgIpc) is 2.98. The Morgan fingerprint density at radius 3 is 2.84 bits per heavy atom. The number of carbonyl (C=O) groups is 2. The Labute approximate surface area is 146 Å². The number of piperazine rings is 2. The van der Waals surface area contributed by atoms with E-state index in [9.17, 15) is 9.59 Å². The molecule has 1 aromatic carbocycles. The van der Waals surface area contributed by atoms with Crippen LogP contribution in [0.2, 0.25) is 0 Å². The summed E-state index contributed by atoms with van der Waals surface area (Å²) in [6.07, 6.45) is 0.837. The van der Waals surface area contributed by atoms with Gasteiger partial charge in [-0.25, -0.2) is 0 Å². The quantitative estimate of drug-likeness (QED) is 0.919. The van der Waals surface area contributed by atoms with E-state index in [4.69, 9.17) is 4.42 Å². The molecule has 132 valence electrons. The highest BCUT2D eigenvalue weighted by molar-refractivity contribution is 5.97. The van der Waals surface area contributed by atoms with Crippen molar-refractivity contribution in [2.45, 2.75) is 38.9 Å². The summed E-state index contributed by atoms with van der Waals surface area (Å²) in [5.41, 5.74) is 2.11. The van der Waals surface area contributed by atoms with Gasteiger partial charge in [-0.05, 0) is 13.0 Å². The van der Waals surface area contributed by atoms with Crippen molar-refractivity contribution in [3.63, 3.8) is 0 Å². The summed E-state index contributed by atoms with van der Waals surface area (Å²) >= 11 is 0. The van der Waals surface area contributed by atoms with Crippen molar-refractivity contribution in [3.05, 3.63) is 35.6 Å². The highest BCUT2D eigenvalue weighted by atomic mass is 16.3. The van der Waals surface area contributed by atoms with Gasteiger partial charge in [0, 0.05) is 43.5 Å². The number of amides is 2. The number of nitrogens with zero attached hydrogens (tertiary/aromatic N) is 2. The van der Waals surface area contributed by atoms with Crippen LogP contribution < -0.4 is 5.32 Å². The summed E-state index contributed by atoms with van der Waals surface area (Å²) in [4.78, 5) is 28.6. The number of furan rings is 1. The van der Waals surface area contributed by atoms with Gasteiger partial charge < -0.3 is 14.6 Å². The summed E-state index contributed by atoms with van der Waals surface area (Å²) in [6, 6.07) is 7.27. The number of benzene rings is 1. The summed E-state index contributed by atoms with van der Waals surface area (Å²) in [5, 5.41) is 3.92. The molecule has 0 aliphatic carbocycles. The van der Waals surface area contributed by atoms with Gasteiger partial charge in [0.25, 0.3) is 0 Å². The Morgan fingerprint density at radius 2 is 2.04 bits per heavy atom. The maximum absolute atomic E-state index is 12.3. The van der Waals surface area contributed by atoms with Gasteiger partial charge in [-0.2, -0.15) is 0 Å². The summed E-state index contributed by atoms with van der Waals surface area (Å²) < 4.78 is 5.98.